The summed E-state index contributed by atoms with van der Waals surface area (Å²) in [4.78, 5) is 14.7. The van der Waals surface area contributed by atoms with Crippen LogP contribution in [-0.4, -0.2) is 27.3 Å². The molecule has 1 fully saturated rings. The van der Waals surface area contributed by atoms with Crippen LogP contribution in [0.4, 0.5) is 32.0 Å². The molecule has 0 aromatic carbocycles. The summed E-state index contributed by atoms with van der Waals surface area (Å²) in [5, 5.41) is 9.20. The van der Waals surface area contributed by atoms with E-state index >= 15 is 0 Å². The number of thioether (sulfide) groups is 1. The van der Waals surface area contributed by atoms with Gasteiger partial charge in [0.2, 0.25) is 0 Å². The zero-order valence-corrected chi connectivity index (χ0v) is 10.7. The molecule has 0 radical (unpaired) electrons. The second kappa shape index (κ2) is 5.05. The van der Waals surface area contributed by atoms with Crippen molar-refractivity contribution in [1.82, 2.24) is 4.98 Å². The standard InChI is InChI=1S/C10H6F6N2O2S/c11-9(12,13)5-1-4(2-6(17-5)10(14,15)16)18-3-21-8(20)7(18)19/h1-2,8,20H,3H2. The topological polar surface area (TPSA) is 53.4 Å². The summed E-state index contributed by atoms with van der Waals surface area (Å²) in [6.07, 6.45) is -10.2. The van der Waals surface area contributed by atoms with Gasteiger partial charge >= 0.3 is 12.4 Å². The van der Waals surface area contributed by atoms with Crippen LogP contribution in [0.1, 0.15) is 11.4 Å². The van der Waals surface area contributed by atoms with E-state index in [9.17, 15) is 36.2 Å². The largest absolute Gasteiger partial charge is 0.433 e. The van der Waals surface area contributed by atoms with Crippen molar-refractivity contribution < 1.29 is 36.2 Å². The first kappa shape index (κ1) is 15.9. The van der Waals surface area contributed by atoms with Gasteiger partial charge in [-0.3, -0.25) is 9.69 Å². The van der Waals surface area contributed by atoms with Gasteiger partial charge in [-0.1, -0.05) is 11.8 Å². The monoisotopic (exact) mass is 332 g/mol. The van der Waals surface area contributed by atoms with Crippen LogP contribution in [0.5, 0.6) is 0 Å². The third-order valence-corrected chi connectivity index (χ3v) is 3.47. The third-order valence-electron chi connectivity index (χ3n) is 2.54. The van der Waals surface area contributed by atoms with Crippen LogP contribution in [0.15, 0.2) is 12.1 Å². The molecule has 1 aromatic rings. The number of hydrogen-bond donors (Lipinski definition) is 1. The maximum atomic E-state index is 12.6. The molecule has 1 atom stereocenters. The molecule has 0 saturated carbocycles. The number of nitrogens with zero attached hydrogens (tertiary/aromatic N) is 2. The van der Waals surface area contributed by atoms with Gasteiger partial charge in [-0.05, 0) is 12.1 Å². The zero-order chi connectivity index (χ0) is 16.0. The lowest BCUT2D eigenvalue weighted by molar-refractivity contribution is -0.150. The summed E-state index contributed by atoms with van der Waals surface area (Å²) in [6.45, 7) is 0. The van der Waals surface area contributed by atoms with E-state index in [4.69, 9.17) is 0 Å². The Bertz CT molecular complexity index is 541. The second-order valence-corrected chi connectivity index (χ2v) is 5.04. The minimum Gasteiger partial charge on any atom is -0.373 e. The number of aromatic nitrogens is 1. The molecule has 4 nitrogen and oxygen atoms in total. The Morgan fingerprint density at radius 3 is 1.95 bits per heavy atom. The summed E-state index contributed by atoms with van der Waals surface area (Å²) in [7, 11) is 0. The first-order chi connectivity index (χ1) is 9.50. The molecule has 11 heteroatoms. The summed E-state index contributed by atoms with van der Waals surface area (Å²) in [5.74, 6) is -1.23. The number of halogens is 6. The molecule has 0 aliphatic carbocycles. The number of alkyl halides is 6. The fraction of sp³-hybridized carbons (Fsp3) is 0.400. The van der Waals surface area contributed by atoms with Gasteiger partial charge in [-0.25, -0.2) is 4.98 Å². The summed E-state index contributed by atoms with van der Waals surface area (Å²) in [6, 6.07) is 0.678. The highest BCUT2D eigenvalue weighted by Gasteiger charge is 2.41. The van der Waals surface area contributed by atoms with Crippen LogP contribution in [0.2, 0.25) is 0 Å². The molecular formula is C10H6F6N2O2S. The summed E-state index contributed by atoms with van der Waals surface area (Å²) >= 11 is 0.684. The van der Waals surface area contributed by atoms with Crippen molar-refractivity contribution >= 4 is 23.4 Å². The van der Waals surface area contributed by atoms with E-state index in [-0.39, 0.29) is 5.88 Å². The fourth-order valence-corrected chi connectivity index (χ4v) is 2.41. The molecular weight excluding hydrogens is 326 g/mol. The van der Waals surface area contributed by atoms with Crippen LogP contribution in [0, 0.1) is 0 Å². The van der Waals surface area contributed by atoms with E-state index in [2.05, 4.69) is 4.98 Å². The van der Waals surface area contributed by atoms with Crippen molar-refractivity contribution in [1.29, 1.82) is 0 Å². The summed E-state index contributed by atoms with van der Waals surface area (Å²) in [5.41, 5.74) is -5.64. The van der Waals surface area contributed by atoms with E-state index in [0.29, 0.717) is 28.8 Å². The van der Waals surface area contributed by atoms with Crippen LogP contribution in [0.3, 0.4) is 0 Å². The molecule has 1 unspecified atom stereocenters. The van der Waals surface area contributed by atoms with E-state index < -0.39 is 40.8 Å². The van der Waals surface area contributed by atoms with Crippen LogP contribution >= 0.6 is 11.8 Å². The number of aliphatic hydroxyl groups excluding tert-OH is 1. The Morgan fingerprint density at radius 2 is 1.62 bits per heavy atom. The first-order valence-corrected chi connectivity index (χ1v) is 6.32. The van der Waals surface area contributed by atoms with E-state index in [1.807, 2.05) is 0 Å². The summed E-state index contributed by atoms with van der Waals surface area (Å²) < 4.78 is 75.7. The second-order valence-electron chi connectivity index (χ2n) is 4.01. The number of aliphatic hydroxyl groups is 1. The molecule has 2 rings (SSSR count). The zero-order valence-electron chi connectivity index (χ0n) is 9.87. The Morgan fingerprint density at radius 1 is 1.14 bits per heavy atom. The lowest BCUT2D eigenvalue weighted by Crippen LogP contribution is -2.30. The van der Waals surface area contributed by atoms with Crippen LogP contribution in [0.25, 0.3) is 0 Å². The molecule has 1 amide bonds. The average Bonchev–Trinajstić information content (AvgIpc) is 2.67. The molecule has 1 aliphatic heterocycles. The van der Waals surface area contributed by atoms with Crippen molar-refractivity contribution in [3.05, 3.63) is 23.5 Å². The molecule has 21 heavy (non-hydrogen) atoms. The van der Waals surface area contributed by atoms with Gasteiger partial charge in [0.1, 0.15) is 11.4 Å². The Labute approximate surface area is 117 Å². The normalized spacial score (nSPS) is 20.2. The first-order valence-electron chi connectivity index (χ1n) is 5.27. The SMILES string of the molecule is O=C1C(O)SCN1c1cc(C(F)(F)F)nc(C(F)(F)F)c1. The lowest BCUT2D eigenvalue weighted by atomic mass is 10.2. The van der Waals surface area contributed by atoms with Gasteiger partial charge in [0.05, 0.1) is 5.88 Å². The fourth-order valence-electron chi connectivity index (χ4n) is 1.58. The van der Waals surface area contributed by atoms with Gasteiger partial charge in [0.15, 0.2) is 5.44 Å². The van der Waals surface area contributed by atoms with Gasteiger partial charge in [-0.2, -0.15) is 26.3 Å². The number of carbonyl (C=O) groups is 1. The Hall–Kier alpha value is -1.49. The highest BCUT2D eigenvalue weighted by molar-refractivity contribution is 8.01. The van der Waals surface area contributed by atoms with Gasteiger partial charge in [0, 0.05) is 5.69 Å². The highest BCUT2D eigenvalue weighted by atomic mass is 32.2. The molecule has 1 aliphatic rings. The Balaban J connectivity index is 2.53. The van der Waals surface area contributed by atoms with Crippen molar-refractivity contribution in [3.8, 4) is 0 Å². The van der Waals surface area contributed by atoms with Gasteiger partial charge in [-0.15, -0.1) is 0 Å². The smallest absolute Gasteiger partial charge is 0.373 e. The van der Waals surface area contributed by atoms with Gasteiger partial charge in [0.25, 0.3) is 5.91 Å². The lowest BCUT2D eigenvalue weighted by Gasteiger charge is -2.18. The van der Waals surface area contributed by atoms with E-state index in [0.717, 1.165) is 0 Å². The molecule has 0 spiro atoms. The molecule has 0 bridgehead atoms. The molecule has 2 heterocycles. The van der Waals surface area contributed by atoms with Crippen LogP contribution < -0.4 is 4.90 Å². The predicted octanol–water partition coefficient (Wildman–Crippen LogP) is 2.47. The number of rotatable bonds is 1. The number of pyridine rings is 1. The predicted molar refractivity (Wildman–Crippen MR) is 60.2 cm³/mol. The van der Waals surface area contributed by atoms with E-state index in [1.165, 1.54) is 0 Å². The number of carbonyl (C=O) groups excluding carboxylic acids is 1. The average molecular weight is 332 g/mol. The third kappa shape index (κ3) is 3.23. The maximum absolute atomic E-state index is 12.6. The molecule has 1 aromatic heterocycles. The molecule has 1 saturated heterocycles. The number of anilines is 1. The highest BCUT2D eigenvalue weighted by Crippen LogP contribution is 2.37. The minimum atomic E-state index is -5.09. The number of amides is 1. The minimum absolute atomic E-state index is 0.251. The molecule has 1 N–H and O–H groups in total. The Kier molecular flexibility index (Phi) is 3.82. The van der Waals surface area contributed by atoms with Crippen molar-refractivity contribution in [2.75, 3.05) is 10.8 Å². The van der Waals surface area contributed by atoms with Crippen LogP contribution in [-0.2, 0) is 17.1 Å². The quantitative estimate of drug-likeness (QED) is 0.803. The van der Waals surface area contributed by atoms with E-state index in [1.54, 1.807) is 0 Å². The molecule has 116 valence electrons. The maximum Gasteiger partial charge on any atom is 0.433 e. The van der Waals surface area contributed by atoms with Crippen molar-refractivity contribution in [3.63, 3.8) is 0 Å². The van der Waals surface area contributed by atoms with Crippen molar-refractivity contribution in [2.45, 2.75) is 17.8 Å². The van der Waals surface area contributed by atoms with Crippen molar-refractivity contribution in [2.24, 2.45) is 0 Å². The number of hydrogen-bond acceptors (Lipinski definition) is 4. The van der Waals surface area contributed by atoms with Gasteiger partial charge < -0.3 is 5.11 Å².